The molecular weight excluding hydrogens is 349 g/mol. The van der Waals surface area contributed by atoms with Crippen molar-refractivity contribution in [1.29, 1.82) is 0 Å². The number of carbonyl (C=O) groups excluding carboxylic acids is 1. The van der Waals surface area contributed by atoms with Crippen LogP contribution in [-0.4, -0.2) is 22.0 Å². The number of halogens is 4. The van der Waals surface area contributed by atoms with E-state index in [0.29, 0.717) is 0 Å². The molecule has 1 aromatic carbocycles. The highest BCUT2D eigenvalue weighted by atomic mass is 35.5. The number of hydrogen-bond acceptors (Lipinski definition) is 2. The Morgan fingerprint density at radius 2 is 1.88 bits per heavy atom. The molecule has 24 heavy (non-hydrogen) atoms. The summed E-state index contributed by atoms with van der Waals surface area (Å²) in [6, 6.07) is 3.66. The number of nitrogens with one attached hydrogen (secondary N) is 2. The van der Waals surface area contributed by atoms with Gasteiger partial charge in [-0.15, -0.1) is 11.6 Å². The van der Waals surface area contributed by atoms with Crippen molar-refractivity contribution in [2.45, 2.75) is 17.5 Å². The van der Waals surface area contributed by atoms with Crippen LogP contribution in [0.15, 0.2) is 48.2 Å². The van der Waals surface area contributed by atoms with Crippen molar-refractivity contribution in [3.8, 4) is 0 Å². The van der Waals surface area contributed by atoms with E-state index in [-0.39, 0.29) is 17.8 Å². The molecule has 128 valence electrons. The number of amides is 2. The van der Waals surface area contributed by atoms with Crippen LogP contribution in [0.4, 0.5) is 23.7 Å². The van der Waals surface area contributed by atoms with Gasteiger partial charge in [-0.2, -0.15) is 13.2 Å². The van der Waals surface area contributed by atoms with Crippen molar-refractivity contribution in [2.24, 2.45) is 0 Å². The number of aliphatic carboxylic acids is 1. The van der Waals surface area contributed by atoms with E-state index >= 15 is 0 Å². The maximum Gasteiger partial charge on any atom is 0.418 e. The van der Waals surface area contributed by atoms with Crippen molar-refractivity contribution < 1.29 is 27.9 Å². The summed E-state index contributed by atoms with van der Waals surface area (Å²) >= 11 is 5.83. The second-order valence-corrected chi connectivity index (χ2v) is 5.66. The van der Waals surface area contributed by atoms with Crippen molar-refractivity contribution in [1.82, 2.24) is 5.32 Å². The number of anilines is 1. The molecule has 0 spiro atoms. The number of alkyl halides is 4. The number of allylic oxidation sites excluding steroid dienone is 2. The van der Waals surface area contributed by atoms with E-state index in [0.717, 1.165) is 12.1 Å². The first-order valence-electron chi connectivity index (χ1n) is 6.68. The molecule has 1 aromatic rings. The molecule has 2 amide bonds. The quantitative estimate of drug-likeness (QED) is 0.719. The lowest BCUT2D eigenvalue weighted by molar-refractivity contribution is -0.139. The number of carboxylic acid groups (broad SMARTS) is 1. The molecule has 0 bridgehead atoms. The Labute approximate surface area is 139 Å². The van der Waals surface area contributed by atoms with Gasteiger partial charge in [0.25, 0.3) is 0 Å². The average Bonchev–Trinajstić information content (AvgIpc) is 2.49. The minimum absolute atomic E-state index is 0.0743. The topological polar surface area (TPSA) is 78.4 Å². The smallest absolute Gasteiger partial charge is 0.418 e. The van der Waals surface area contributed by atoms with E-state index < -0.39 is 28.6 Å². The zero-order valence-corrected chi connectivity index (χ0v) is 12.8. The minimum atomic E-state index is -4.60. The molecule has 1 aliphatic rings. The fourth-order valence-corrected chi connectivity index (χ4v) is 2.13. The molecule has 1 atom stereocenters. The third-order valence-corrected chi connectivity index (χ3v) is 3.68. The molecular formula is C15H12ClF3N2O3. The van der Waals surface area contributed by atoms with E-state index in [2.05, 4.69) is 10.6 Å². The molecule has 1 unspecified atom stereocenters. The highest BCUT2D eigenvalue weighted by Gasteiger charge is 2.35. The maximum absolute atomic E-state index is 12.9. The van der Waals surface area contributed by atoms with Gasteiger partial charge in [0.15, 0.2) is 4.87 Å². The third-order valence-electron chi connectivity index (χ3n) is 3.24. The lowest BCUT2D eigenvalue weighted by Gasteiger charge is -2.21. The SMILES string of the molecule is O=C(NC1=CCC(Cl)(C(=O)O)C=C1)Nc1ccccc1C(F)(F)F. The average molecular weight is 361 g/mol. The maximum atomic E-state index is 12.9. The Bertz CT molecular complexity index is 731. The normalized spacial score (nSPS) is 20.2. The van der Waals surface area contributed by atoms with Crippen LogP contribution in [0.3, 0.4) is 0 Å². The van der Waals surface area contributed by atoms with Crippen molar-refractivity contribution >= 4 is 29.3 Å². The van der Waals surface area contributed by atoms with Gasteiger partial charge < -0.3 is 15.7 Å². The molecule has 3 N–H and O–H groups in total. The van der Waals surface area contributed by atoms with Crippen LogP contribution in [0, 0.1) is 0 Å². The molecule has 0 heterocycles. The summed E-state index contributed by atoms with van der Waals surface area (Å²) in [5, 5.41) is 13.4. The zero-order chi connectivity index (χ0) is 18.0. The Morgan fingerprint density at radius 3 is 2.42 bits per heavy atom. The van der Waals surface area contributed by atoms with E-state index in [9.17, 15) is 22.8 Å². The summed E-state index contributed by atoms with van der Waals surface area (Å²) < 4.78 is 38.6. The van der Waals surface area contributed by atoms with Gasteiger partial charge in [0.05, 0.1) is 11.3 Å². The van der Waals surface area contributed by atoms with Crippen molar-refractivity contribution in [3.05, 3.63) is 53.8 Å². The number of carbonyl (C=O) groups is 2. The van der Waals surface area contributed by atoms with Gasteiger partial charge in [0.1, 0.15) is 0 Å². The van der Waals surface area contributed by atoms with Gasteiger partial charge in [-0.05, 0) is 18.2 Å². The molecule has 0 aliphatic heterocycles. The highest BCUT2D eigenvalue weighted by Crippen LogP contribution is 2.34. The second-order valence-electron chi connectivity index (χ2n) is 4.99. The first-order valence-corrected chi connectivity index (χ1v) is 7.05. The van der Waals surface area contributed by atoms with Gasteiger partial charge in [-0.3, -0.25) is 0 Å². The molecule has 0 radical (unpaired) electrons. The van der Waals surface area contributed by atoms with Crippen molar-refractivity contribution in [3.63, 3.8) is 0 Å². The van der Waals surface area contributed by atoms with Crippen LogP contribution in [0.5, 0.6) is 0 Å². The van der Waals surface area contributed by atoms with Crippen LogP contribution in [0.2, 0.25) is 0 Å². The standard InChI is InChI=1S/C15H12ClF3N2O3/c16-14(12(22)23)7-5-9(6-8-14)20-13(24)21-11-4-2-1-3-10(11)15(17,18)19/h1-7H,8H2,(H,22,23)(H2,20,21,24). The molecule has 0 fully saturated rings. The van der Waals surface area contributed by atoms with E-state index in [4.69, 9.17) is 16.7 Å². The number of rotatable bonds is 3. The monoisotopic (exact) mass is 360 g/mol. The summed E-state index contributed by atoms with van der Waals surface area (Å²) in [4.78, 5) is 21.2. The Kier molecular flexibility index (Phi) is 4.88. The molecule has 5 nitrogen and oxygen atoms in total. The summed E-state index contributed by atoms with van der Waals surface area (Å²) in [6.07, 6.45) is -0.838. The summed E-state index contributed by atoms with van der Waals surface area (Å²) in [5.41, 5.74) is -1.13. The molecule has 2 rings (SSSR count). The zero-order valence-electron chi connectivity index (χ0n) is 12.0. The third kappa shape index (κ3) is 4.08. The van der Waals surface area contributed by atoms with Crippen LogP contribution in [0.25, 0.3) is 0 Å². The Morgan fingerprint density at radius 1 is 1.21 bits per heavy atom. The van der Waals surface area contributed by atoms with E-state index in [1.807, 2.05) is 0 Å². The Hall–Kier alpha value is -2.48. The number of benzene rings is 1. The first-order chi connectivity index (χ1) is 11.1. The molecule has 9 heteroatoms. The first kappa shape index (κ1) is 17.9. The summed E-state index contributed by atoms with van der Waals surface area (Å²) in [6.45, 7) is 0. The van der Waals surface area contributed by atoms with Gasteiger partial charge in [0.2, 0.25) is 0 Å². The number of urea groups is 1. The number of carboxylic acids is 1. The van der Waals surface area contributed by atoms with Gasteiger partial charge in [-0.25, -0.2) is 9.59 Å². The van der Waals surface area contributed by atoms with E-state index in [1.165, 1.54) is 30.4 Å². The molecule has 1 aliphatic carbocycles. The van der Waals surface area contributed by atoms with Crippen LogP contribution in [0.1, 0.15) is 12.0 Å². The lowest BCUT2D eigenvalue weighted by atomic mass is 9.98. The highest BCUT2D eigenvalue weighted by molar-refractivity contribution is 6.35. The van der Waals surface area contributed by atoms with Gasteiger partial charge in [-0.1, -0.05) is 24.3 Å². The van der Waals surface area contributed by atoms with Crippen molar-refractivity contribution in [2.75, 3.05) is 5.32 Å². The van der Waals surface area contributed by atoms with E-state index in [1.54, 1.807) is 0 Å². The predicted molar refractivity (Wildman–Crippen MR) is 81.7 cm³/mol. The lowest BCUT2D eigenvalue weighted by Crippen LogP contribution is -2.34. The summed E-state index contributed by atoms with van der Waals surface area (Å²) in [5.74, 6) is -1.24. The number of hydrogen-bond donors (Lipinski definition) is 3. The second kappa shape index (κ2) is 6.56. The molecule has 0 aromatic heterocycles. The van der Waals surface area contributed by atoms with Crippen LogP contribution in [-0.2, 0) is 11.0 Å². The Balaban J connectivity index is 2.05. The predicted octanol–water partition coefficient (Wildman–Crippen LogP) is 3.73. The minimum Gasteiger partial charge on any atom is -0.480 e. The fraction of sp³-hybridized carbons (Fsp3) is 0.200. The largest absolute Gasteiger partial charge is 0.480 e. The molecule has 0 saturated heterocycles. The fourth-order valence-electron chi connectivity index (χ4n) is 1.99. The summed E-state index contributed by atoms with van der Waals surface area (Å²) in [7, 11) is 0. The molecule has 0 saturated carbocycles. The van der Waals surface area contributed by atoms with Gasteiger partial charge >= 0.3 is 18.2 Å². The van der Waals surface area contributed by atoms with Gasteiger partial charge in [0, 0.05) is 12.1 Å². The van der Waals surface area contributed by atoms with Crippen LogP contribution >= 0.6 is 11.6 Å². The van der Waals surface area contributed by atoms with Crippen LogP contribution < -0.4 is 10.6 Å². The number of para-hydroxylation sites is 1.